The number of carbonyl (C=O) groups is 2. The lowest BCUT2D eigenvalue weighted by atomic mass is 9.92. The van der Waals surface area contributed by atoms with E-state index < -0.39 is 12.0 Å². The summed E-state index contributed by atoms with van der Waals surface area (Å²) in [6.07, 6.45) is 2.71. The summed E-state index contributed by atoms with van der Waals surface area (Å²) in [5, 5.41) is 9.12. The van der Waals surface area contributed by atoms with Crippen molar-refractivity contribution in [2.75, 3.05) is 26.2 Å². The van der Waals surface area contributed by atoms with E-state index in [4.69, 9.17) is 5.11 Å². The molecule has 5 heteroatoms. The summed E-state index contributed by atoms with van der Waals surface area (Å²) < 4.78 is 0. The van der Waals surface area contributed by atoms with E-state index in [9.17, 15) is 9.59 Å². The lowest BCUT2D eigenvalue weighted by Gasteiger charge is -2.36. The zero-order valence-corrected chi connectivity index (χ0v) is 11.8. The second-order valence-electron chi connectivity index (χ2n) is 6.21. The molecule has 0 aromatic carbocycles. The van der Waals surface area contributed by atoms with Crippen molar-refractivity contribution in [3.8, 4) is 0 Å². The van der Waals surface area contributed by atoms with Crippen LogP contribution in [0.5, 0.6) is 0 Å². The third-order valence-electron chi connectivity index (χ3n) is 4.21. The first-order valence-electron chi connectivity index (χ1n) is 7.22. The maximum Gasteiger partial charge on any atom is 0.320 e. The highest BCUT2D eigenvalue weighted by Gasteiger charge is 2.33. The molecule has 2 aliphatic rings. The highest BCUT2D eigenvalue weighted by molar-refractivity contribution is 5.80. The molecule has 108 valence electrons. The number of nitrogens with zero attached hydrogens (tertiary/aromatic N) is 2. The highest BCUT2D eigenvalue weighted by Crippen LogP contribution is 2.22. The molecule has 2 rings (SSSR count). The molecule has 1 amide bonds. The molecule has 2 heterocycles. The van der Waals surface area contributed by atoms with Gasteiger partial charge >= 0.3 is 5.97 Å². The van der Waals surface area contributed by atoms with Crippen molar-refractivity contribution >= 4 is 11.9 Å². The van der Waals surface area contributed by atoms with Crippen LogP contribution in [0.4, 0.5) is 0 Å². The lowest BCUT2D eigenvalue weighted by Crippen LogP contribution is -2.48. The first kappa shape index (κ1) is 14.3. The van der Waals surface area contributed by atoms with E-state index >= 15 is 0 Å². The minimum absolute atomic E-state index is 0.0894. The van der Waals surface area contributed by atoms with E-state index in [2.05, 4.69) is 13.8 Å². The number of hydrogen-bond acceptors (Lipinski definition) is 3. The molecule has 0 aliphatic carbocycles. The second kappa shape index (κ2) is 5.90. The summed E-state index contributed by atoms with van der Waals surface area (Å²) in [7, 11) is 0. The van der Waals surface area contributed by atoms with Crippen LogP contribution in [0.1, 0.15) is 33.1 Å². The zero-order chi connectivity index (χ0) is 14.0. The molecule has 0 aromatic rings. The van der Waals surface area contributed by atoms with E-state index in [1.807, 2.05) is 9.80 Å². The van der Waals surface area contributed by atoms with Crippen molar-refractivity contribution < 1.29 is 14.7 Å². The Balaban J connectivity index is 1.91. The Morgan fingerprint density at radius 1 is 1.21 bits per heavy atom. The molecule has 19 heavy (non-hydrogen) atoms. The van der Waals surface area contributed by atoms with Crippen molar-refractivity contribution in [2.45, 2.75) is 39.2 Å². The fourth-order valence-electron chi connectivity index (χ4n) is 3.44. The van der Waals surface area contributed by atoms with E-state index in [1.54, 1.807) is 0 Å². The van der Waals surface area contributed by atoms with Gasteiger partial charge in [-0.25, -0.2) is 0 Å². The van der Waals surface area contributed by atoms with E-state index in [-0.39, 0.29) is 12.5 Å². The number of carbonyl (C=O) groups excluding carboxylic acids is 1. The van der Waals surface area contributed by atoms with Crippen LogP contribution in [0.3, 0.4) is 0 Å². The Labute approximate surface area is 114 Å². The molecule has 0 radical (unpaired) electrons. The molecular weight excluding hydrogens is 244 g/mol. The lowest BCUT2D eigenvalue weighted by molar-refractivity contribution is -0.143. The van der Waals surface area contributed by atoms with Gasteiger partial charge in [0.25, 0.3) is 0 Å². The predicted molar refractivity (Wildman–Crippen MR) is 71.8 cm³/mol. The largest absolute Gasteiger partial charge is 0.480 e. The van der Waals surface area contributed by atoms with Crippen molar-refractivity contribution in [3.05, 3.63) is 0 Å². The Bertz CT molecular complexity index is 349. The van der Waals surface area contributed by atoms with Crippen LogP contribution in [-0.4, -0.2) is 59.0 Å². The standard InChI is InChI=1S/C14H24N2O3/c1-10-6-11(2)8-16(7-10)13(17)9-15-5-3-4-12(15)14(18)19/h10-12H,3-9H2,1-2H3,(H,18,19)/t10?,11?,12-/m1/s1. The van der Waals surface area contributed by atoms with Gasteiger partial charge < -0.3 is 10.0 Å². The number of hydrogen-bond donors (Lipinski definition) is 1. The molecule has 0 spiro atoms. The molecule has 3 atom stereocenters. The molecule has 2 fully saturated rings. The van der Waals surface area contributed by atoms with Gasteiger partial charge in [-0.15, -0.1) is 0 Å². The third-order valence-corrected chi connectivity index (χ3v) is 4.21. The fraction of sp³-hybridized carbons (Fsp3) is 0.857. The van der Waals surface area contributed by atoms with Crippen LogP contribution in [0, 0.1) is 11.8 Å². The smallest absolute Gasteiger partial charge is 0.320 e. The fourth-order valence-corrected chi connectivity index (χ4v) is 3.44. The predicted octanol–water partition coefficient (Wildman–Crippen LogP) is 1.04. The molecule has 1 N–H and O–H groups in total. The SMILES string of the molecule is CC1CC(C)CN(C(=O)CN2CCC[C@@H]2C(=O)O)C1. The molecule has 0 aromatic heterocycles. The topological polar surface area (TPSA) is 60.9 Å². The number of carboxylic acids is 1. The highest BCUT2D eigenvalue weighted by atomic mass is 16.4. The summed E-state index contributed by atoms with van der Waals surface area (Å²) in [5.74, 6) is 0.375. The Morgan fingerprint density at radius 3 is 2.42 bits per heavy atom. The van der Waals surface area contributed by atoms with Gasteiger partial charge in [0.05, 0.1) is 6.54 Å². The van der Waals surface area contributed by atoms with Gasteiger partial charge in [0, 0.05) is 13.1 Å². The monoisotopic (exact) mass is 268 g/mol. The summed E-state index contributed by atoms with van der Waals surface area (Å²) in [6, 6.07) is -0.469. The van der Waals surface area contributed by atoms with E-state index in [0.717, 1.165) is 26.1 Å². The normalized spacial score (nSPS) is 32.5. The minimum Gasteiger partial charge on any atom is -0.480 e. The van der Waals surface area contributed by atoms with Crippen molar-refractivity contribution in [3.63, 3.8) is 0 Å². The Morgan fingerprint density at radius 2 is 1.84 bits per heavy atom. The number of rotatable bonds is 3. The molecule has 2 aliphatic heterocycles. The molecule has 0 saturated carbocycles. The average molecular weight is 268 g/mol. The number of carboxylic acid groups (broad SMARTS) is 1. The van der Waals surface area contributed by atoms with Gasteiger partial charge in [0.2, 0.25) is 5.91 Å². The van der Waals surface area contributed by atoms with Gasteiger partial charge in [-0.3, -0.25) is 14.5 Å². The molecule has 5 nitrogen and oxygen atoms in total. The van der Waals surface area contributed by atoms with Crippen molar-refractivity contribution in [1.29, 1.82) is 0 Å². The quantitative estimate of drug-likeness (QED) is 0.831. The van der Waals surface area contributed by atoms with Crippen LogP contribution in [0.15, 0.2) is 0 Å². The van der Waals surface area contributed by atoms with E-state index in [1.165, 1.54) is 6.42 Å². The zero-order valence-electron chi connectivity index (χ0n) is 11.8. The van der Waals surface area contributed by atoms with Gasteiger partial charge in [-0.05, 0) is 37.6 Å². The number of amides is 1. The van der Waals surface area contributed by atoms with E-state index in [0.29, 0.717) is 18.3 Å². The summed E-state index contributed by atoms with van der Waals surface area (Å²) >= 11 is 0. The average Bonchev–Trinajstić information content (AvgIpc) is 2.75. The van der Waals surface area contributed by atoms with Crippen LogP contribution in [-0.2, 0) is 9.59 Å². The van der Waals surface area contributed by atoms with Crippen LogP contribution in [0.2, 0.25) is 0 Å². The number of piperidine rings is 1. The molecule has 2 unspecified atom stereocenters. The van der Waals surface area contributed by atoms with Gasteiger partial charge in [0.1, 0.15) is 6.04 Å². The summed E-state index contributed by atoms with van der Waals surface area (Å²) in [6.45, 7) is 6.96. The number of likely N-dealkylation sites (tertiary alicyclic amines) is 2. The van der Waals surface area contributed by atoms with Crippen LogP contribution < -0.4 is 0 Å². The van der Waals surface area contributed by atoms with Gasteiger partial charge in [0.15, 0.2) is 0 Å². The Kier molecular flexibility index (Phi) is 4.45. The maximum atomic E-state index is 12.3. The van der Waals surface area contributed by atoms with Crippen molar-refractivity contribution in [1.82, 2.24) is 9.80 Å². The first-order valence-corrected chi connectivity index (χ1v) is 7.22. The van der Waals surface area contributed by atoms with Gasteiger partial charge in [-0.1, -0.05) is 13.8 Å². The molecule has 0 bridgehead atoms. The van der Waals surface area contributed by atoms with Crippen LogP contribution >= 0.6 is 0 Å². The summed E-state index contributed by atoms with van der Waals surface area (Å²) in [5.41, 5.74) is 0. The Hall–Kier alpha value is -1.10. The van der Waals surface area contributed by atoms with Gasteiger partial charge in [-0.2, -0.15) is 0 Å². The maximum absolute atomic E-state index is 12.3. The van der Waals surface area contributed by atoms with Crippen LogP contribution in [0.25, 0.3) is 0 Å². The second-order valence-corrected chi connectivity index (χ2v) is 6.21. The molecule has 2 saturated heterocycles. The third kappa shape index (κ3) is 3.47. The minimum atomic E-state index is -0.800. The van der Waals surface area contributed by atoms with Crippen molar-refractivity contribution in [2.24, 2.45) is 11.8 Å². The first-order chi connectivity index (χ1) is 8.97. The summed E-state index contributed by atoms with van der Waals surface area (Å²) in [4.78, 5) is 27.1. The number of aliphatic carboxylic acids is 1. The molecular formula is C14H24N2O3.